The van der Waals surface area contributed by atoms with Crippen molar-refractivity contribution >= 4 is 28.9 Å². The number of amides is 1. The quantitative estimate of drug-likeness (QED) is 0.613. The SMILES string of the molecule is [C-]#[N+]c1ncc(NC(=O)C2(Nc3ccc(C(C)=O)c(F)c3)CCC2)cc1C. The number of benzene rings is 1. The molecular weight excluding hydrogens is 347 g/mol. The Bertz CT molecular complexity index is 961. The number of anilines is 2. The Morgan fingerprint density at radius 3 is 2.52 bits per heavy atom. The minimum absolute atomic E-state index is 0.0223. The maximum Gasteiger partial charge on any atom is 0.272 e. The number of aryl methyl sites for hydroxylation is 1. The van der Waals surface area contributed by atoms with Gasteiger partial charge >= 0.3 is 0 Å². The third-order valence-electron chi connectivity index (χ3n) is 4.79. The second kappa shape index (κ2) is 7.16. The first-order valence-electron chi connectivity index (χ1n) is 8.59. The molecule has 138 valence electrons. The number of hydrogen-bond donors (Lipinski definition) is 2. The van der Waals surface area contributed by atoms with Crippen LogP contribution in [0.5, 0.6) is 0 Å². The summed E-state index contributed by atoms with van der Waals surface area (Å²) in [5.74, 6) is -0.898. The summed E-state index contributed by atoms with van der Waals surface area (Å²) in [5.41, 5.74) is 0.826. The Kier molecular flexibility index (Phi) is 4.91. The maximum atomic E-state index is 14.1. The number of carbonyl (C=O) groups excluding carboxylic acids is 2. The van der Waals surface area contributed by atoms with Crippen LogP contribution >= 0.6 is 0 Å². The molecular formula is C20H19FN4O2. The first kappa shape index (κ1) is 18.5. The number of nitrogens with zero attached hydrogens (tertiary/aromatic N) is 2. The largest absolute Gasteiger partial charge is 0.371 e. The van der Waals surface area contributed by atoms with Crippen LogP contribution in [-0.4, -0.2) is 22.2 Å². The highest BCUT2D eigenvalue weighted by molar-refractivity contribution is 6.01. The van der Waals surface area contributed by atoms with E-state index in [-0.39, 0.29) is 17.3 Å². The molecule has 0 aliphatic heterocycles. The van der Waals surface area contributed by atoms with Gasteiger partial charge < -0.3 is 15.5 Å². The highest BCUT2D eigenvalue weighted by Crippen LogP contribution is 2.37. The van der Waals surface area contributed by atoms with E-state index in [0.29, 0.717) is 35.6 Å². The van der Waals surface area contributed by atoms with Crippen molar-refractivity contribution in [3.8, 4) is 0 Å². The molecule has 0 saturated heterocycles. The molecule has 1 heterocycles. The molecule has 1 amide bonds. The molecule has 1 saturated carbocycles. The summed E-state index contributed by atoms with van der Waals surface area (Å²) in [4.78, 5) is 31.5. The summed E-state index contributed by atoms with van der Waals surface area (Å²) < 4.78 is 14.1. The summed E-state index contributed by atoms with van der Waals surface area (Å²) in [7, 11) is 0. The number of pyridine rings is 1. The van der Waals surface area contributed by atoms with Gasteiger partial charge in [0.1, 0.15) is 17.6 Å². The van der Waals surface area contributed by atoms with Crippen molar-refractivity contribution in [2.24, 2.45) is 0 Å². The van der Waals surface area contributed by atoms with Gasteiger partial charge in [-0.3, -0.25) is 9.59 Å². The first-order valence-corrected chi connectivity index (χ1v) is 8.59. The topological polar surface area (TPSA) is 75.5 Å². The van der Waals surface area contributed by atoms with Crippen LogP contribution in [0.15, 0.2) is 30.5 Å². The molecule has 2 N–H and O–H groups in total. The molecule has 0 spiro atoms. The van der Waals surface area contributed by atoms with Gasteiger partial charge in [0, 0.05) is 5.69 Å². The fraction of sp³-hybridized carbons (Fsp3) is 0.300. The van der Waals surface area contributed by atoms with Crippen LogP contribution < -0.4 is 10.6 Å². The number of hydrogen-bond acceptors (Lipinski definition) is 4. The van der Waals surface area contributed by atoms with E-state index in [4.69, 9.17) is 6.57 Å². The average molecular weight is 366 g/mol. The second-order valence-electron chi connectivity index (χ2n) is 6.74. The van der Waals surface area contributed by atoms with Gasteiger partial charge in [-0.1, -0.05) is 6.57 Å². The number of rotatable bonds is 5. The molecule has 0 unspecified atom stereocenters. The Morgan fingerprint density at radius 2 is 2.00 bits per heavy atom. The molecule has 1 fully saturated rings. The van der Waals surface area contributed by atoms with E-state index in [1.165, 1.54) is 25.3 Å². The third-order valence-corrected chi connectivity index (χ3v) is 4.79. The van der Waals surface area contributed by atoms with Crippen LogP contribution in [0.4, 0.5) is 21.6 Å². The number of halogens is 1. The van der Waals surface area contributed by atoms with Crippen molar-refractivity contribution in [3.63, 3.8) is 0 Å². The zero-order chi connectivity index (χ0) is 19.6. The Balaban J connectivity index is 1.78. The zero-order valence-corrected chi connectivity index (χ0v) is 15.1. The van der Waals surface area contributed by atoms with Gasteiger partial charge in [0.2, 0.25) is 5.91 Å². The van der Waals surface area contributed by atoms with E-state index in [2.05, 4.69) is 20.5 Å². The fourth-order valence-electron chi connectivity index (χ4n) is 3.10. The lowest BCUT2D eigenvalue weighted by Gasteiger charge is -2.41. The van der Waals surface area contributed by atoms with Crippen LogP contribution in [0, 0.1) is 19.3 Å². The summed E-state index contributed by atoms with van der Waals surface area (Å²) in [5, 5.41) is 5.95. The molecule has 1 aliphatic rings. The van der Waals surface area contributed by atoms with Gasteiger partial charge in [0.25, 0.3) is 5.82 Å². The van der Waals surface area contributed by atoms with Crippen LogP contribution in [0.1, 0.15) is 42.1 Å². The smallest absolute Gasteiger partial charge is 0.272 e. The summed E-state index contributed by atoms with van der Waals surface area (Å²) in [6.45, 7) is 10.1. The molecule has 6 nitrogen and oxygen atoms in total. The summed E-state index contributed by atoms with van der Waals surface area (Å²) >= 11 is 0. The van der Waals surface area contributed by atoms with E-state index in [1.54, 1.807) is 19.1 Å². The predicted octanol–water partition coefficient (Wildman–Crippen LogP) is 4.26. The summed E-state index contributed by atoms with van der Waals surface area (Å²) in [6, 6.07) is 5.95. The van der Waals surface area contributed by atoms with Gasteiger partial charge in [-0.25, -0.2) is 4.39 Å². The minimum Gasteiger partial charge on any atom is -0.371 e. The number of Topliss-reactive ketones (excluding diaryl/α,β-unsaturated/α-hetero) is 1. The Hall–Kier alpha value is -3.27. The molecule has 2 aromatic rings. The van der Waals surface area contributed by atoms with Crippen molar-refractivity contribution < 1.29 is 14.0 Å². The summed E-state index contributed by atoms with van der Waals surface area (Å²) in [6.07, 6.45) is 3.55. The highest BCUT2D eigenvalue weighted by Gasteiger charge is 2.44. The van der Waals surface area contributed by atoms with Crippen molar-refractivity contribution in [1.82, 2.24) is 4.98 Å². The lowest BCUT2D eigenvalue weighted by molar-refractivity contribution is -0.122. The molecule has 1 aromatic carbocycles. The normalized spacial score (nSPS) is 14.6. The molecule has 1 aromatic heterocycles. The first-order chi connectivity index (χ1) is 12.8. The monoisotopic (exact) mass is 366 g/mol. The van der Waals surface area contributed by atoms with Crippen molar-refractivity contribution in [2.45, 2.75) is 38.6 Å². The lowest BCUT2D eigenvalue weighted by Crippen LogP contribution is -2.54. The average Bonchev–Trinajstić information content (AvgIpc) is 2.58. The zero-order valence-electron chi connectivity index (χ0n) is 15.1. The Labute approximate surface area is 156 Å². The number of aromatic nitrogens is 1. The lowest BCUT2D eigenvalue weighted by atomic mass is 9.75. The highest BCUT2D eigenvalue weighted by atomic mass is 19.1. The molecule has 0 atom stereocenters. The van der Waals surface area contributed by atoms with Crippen molar-refractivity contribution in [3.05, 3.63) is 58.8 Å². The number of nitrogens with one attached hydrogen (secondary N) is 2. The van der Waals surface area contributed by atoms with Gasteiger partial charge in [0.05, 0.1) is 11.3 Å². The van der Waals surface area contributed by atoms with E-state index in [9.17, 15) is 14.0 Å². The molecule has 1 aliphatic carbocycles. The maximum absolute atomic E-state index is 14.1. The van der Waals surface area contributed by atoms with E-state index in [1.807, 2.05) is 0 Å². The second-order valence-corrected chi connectivity index (χ2v) is 6.74. The third kappa shape index (κ3) is 3.65. The number of carbonyl (C=O) groups is 2. The van der Waals surface area contributed by atoms with Gasteiger partial charge in [-0.05, 0) is 62.9 Å². The standard InChI is InChI=1S/C20H19FN4O2/c1-12-9-15(11-23-18(12)22-3)24-19(27)20(7-4-8-20)25-14-5-6-16(13(2)26)17(21)10-14/h5-6,9-11,25H,4,7-8H2,1-2H3,(H,24,27). The molecule has 3 rings (SSSR count). The van der Waals surface area contributed by atoms with Gasteiger partial charge in [-0.15, -0.1) is 4.98 Å². The molecule has 0 bridgehead atoms. The fourth-order valence-corrected chi connectivity index (χ4v) is 3.10. The van der Waals surface area contributed by atoms with E-state index in [0.717, 1.165) is 6.42 Å². The van der Waals surface area contributed by atoms with Crippen LogP contribution in [0.3, 0.4) is 0 Å². The van der Waals surface area contributed by atoms with Gasteiger partial charge in [-0.2, -0.15) is 0 Å². The molecule has 27 heavy (non-hydrogen) atoms. The predicted molar refractivity (Wildman–Crippen MR) is 100 cm³/mol. The number of ketones is 1. The minimum atomic E-state index is -0.837. The van der Waals surface area contributed by atoms with Crippen LogP contribution in [0.2, 0.25) is 0 Å². The van der Waals surface area contributed by atoms with Crippen molar-refractivity contribution in [1.29, 1.82) is 0 Å². The van der Waals surface area contributed by atoms with Gasteiger partial charge in [0.15, 0.2) is 5.78 Å². The molecule has 0 radical (unpaired) electrons. The van der Waals surface area contributed by atoms with Crippen LogP contribution in [-0.2, 0) is 4.79 Å². The van der Waals surface area contributed by atoms with E-state index >= 15 is 0 Å². The molecule has 7 heteroatoms. The Morgan fingerprint density at radius 1 is 1.26 bits per heavy atom. The van der Waals surface area contributed by atoms with E-state index < -0.39 is 11.4 Å². The van der Waals surface area contributed by atoms with Crippen molar-refractivity contribution in [2.75, 3.05) is 10.6 Å². The van der Waals surface area contributed by atoms with Crippen LogP contribution in [0.25, 0.3) is 4.85 Å².